The number of nitrogens with zero attached hydrogens (tertiary/aromatic N) is 5. The average Bonchev–Trinajstić information content (AvgIpc) is 3.19. The van der Waals surface area contributed by atoms with Gasteiger partial charge in [0, 0.05) is 10.9 Å². The zero-order chi connectivity index (χ0) is 25.9. The van der Waals surface area contributed by atoms with Gasteiger partial charge in [-0.15, -0.1) is 0 Å². The maximum Gasteiger partial charge on any atom is 0.256 e. The first kappa shape index (κ1) is 23.5. The summed E-state index contributed by atoms with van der Waals surface area (Å²) in [7, 11) is 0. The molecule has 1 amide bonds. The van der Waals surface area contributed by atoms with Crippen LogP contribution >= 0.6 is 0 Å². The highest BCUT2D eigenvalue weighted by atomic mass is 16.1. The number of benzene rings is 3. The Morgan fingerprint density at radius 3 is 2.43 bits per heavy atom. The molecule has 3 aromatic carbocycles. The molecule has 0 atom stereocenters. The Hall–Kier alpha value is -5.27. The van der Waals surface area contributed by atoms with Gasteiger partial charge in [-0.2, -0.15) is 15.6 Å². The van der Waals surface area contributed by atoms with E-state index in [1.165, 1.54) is 0 Å². The lowest BCUT2D eigenvalue weighted by Gasteiger charge is -2.11. The Morgan fingerprint density at radius 2 is 1.68 bits per heavy atom. The Balaban J connectivity index is 1.49. The smallest absolute Gasteiger partial charge is 0.256 e. The zero-order valence-corrected chi connectivity index (χ0v) is 20.4. The molecular weight excluding hydrogens is 460 g/mol. The number of nitrogens with one attached hydrogen (secondary N) is 1. The maximum absolute atomic E-state index is 13.6. The monoisotopic (exact) mass is 482 g/mol. The molecule has 7 nitrogen and oxygen atoms in total. The molecule has 5 aromatic rings. The number of amides is 1. The first-order valence-corrected chi connectivity index (χ1v) is 11.7. The molecule has 0 spiro atoms. The highest BCUT2D eigenvalue weighted by molar-refractivity contribution is 6.13. The molecule has 0 aliphatic heterocycles. The number of carbonyl (C=O) groups excluding carboxylic acids is 1. The predicted octanol–water partition coefficient (Wildman–Crippen LogP) is 5.76. The molecule has 7 heteroatoms. The van der Waals surface area contributed by atoms with Crippen molar-refractivity contribution in [1.82, 2.24) is 14.8 Å². The van der Waals surface area contributed by atoms with E-state index < -0.39 is 0 Å². The Morgan fingerprint density at radius 1 is 0.919 bits per heavy atom. The van der Waals surface area contributed by atoms with Crippen LogP contribution in [0.5, 0.6) is 0 Å². The summed E-state index contributed by atoms with van der Waals surface area (Å²) in [6.07, 6.45) is 0. The zero-order valence-electron chi connectivity index (χ0n) is 20.4. The number of hydrogen-bond donors (Lipinski definition) is 1. The third kappa shape index (κ3) is 4.67. The number of fused-ring (bicyclic) bond motifs is 1. The molecule has 5 rings (SSSR count). The molecule has 2 aromatic heterocycles. The summed E-state index contributed by atoms with van der Waals surface area (Å²) < 4.78 is 1.84. The minimum Gasteiger partial charge on any atom is -0.319 e. The molecule has 178 valence electrons. The van der Waals surface area contributed by atoms with Crippen LogP contribution in [-0.4, -0.2) is 20.7 Å². The lowest BCUT2D eigenvalue weighted by molar-refractivity contribution is 0.102. The molecule has 0 radical (unpaired) electrons. The number of carbonyl (C=O) groups is 1. The van der Waals surface area contributed by atoms with E-state index in [2.05, 4.69) is 22.6 Å². The molecule has 2 heterocycles. The summed E-state index contributed by atoms with van der Waals surface area (Å²) in [6.45, 7) is 4.30. The first-order valence-electron chi connectivity index (χ1n) is 11.7. The van der Waals surface area contributed by atoms with Crippen LogP contribution in [0.4, 0.5) is 5.69 Å². The van der Waals surface area contributed by atoms with Crippen LogP contribution in [0, 0.1) is 36.5 Å². The molecule has 37 heavy (non-hydrogen) atoms. The summed E-state index contributed by atoms with van der Waals surface area (Å²) in [6, 6.07) is 28.1. The van der Waals surface area contributed by atoms with Gasteiger partial charge in [0.05, 0.1) is 63.7 Å². The second-order valence-electron chi connectivity index (χ2n) is 8.73. The van der Waals surface area contributed by atoms with E-state index in [1.807, 2.05) is 61.0 Å². The third-order valence-corrected chi connectivity index (χ3v) is 6.28. The normalized spacial score (nSPS) is 10.6. The SMILES string of the molecule is Cc1nn(Cc2ccc(C#N)cc2)c(C)c1NC(=O)c1cc(-c2cccc(C#N)c2)nc2ccccc12. The van der Waals surface area contributed by atoms with Crippen molar-refractivity contribution < 1.29 is 4.79 Å². The molecule has 0 fully saturated rings. The average molecular weight is 483 g/mol. The fraction of sp³-hybridized carbons (Fsp3) is 0.100. The van der Waals surface area contributed by atoms with Crippen LogP contribution in [0.25, 0.3) is 22.2 Å². The van der Waals surface area contributed by atoms with Gasteiger partial charge in [-0.05, 0) is 55.8 Å². The van der Waals surface area contributed by atoms with Gasteiger partial charge in [-0.1, -0.05) is 42.5 Å². The Bertz CT molecular complexity index is 1740. The number of nitriles is 2. The van der Waals surface area contributed by atoms with Crippen molar-refractivity contribution in [3.8, 4) is 23.4 Å². The van der Waals surface area contributed by atoms with E-state index in [0.717, 1.165) is 22.2 Å². The van der Waals surface area contributed by atoms with Crippen LogP contribution in [-0.2, 0) is 6.54 Å². The van der Waals surface area contributed by atoms with Crippen LogP contribution < -0.4 is 5.32 Å². The van der Waals surface area contributed by atoms with Gasteiger partial charge in [-0.3, -0.25) is 9.48 Å². The second-order valence-corrected chi connectivity index (χ2v) is 8.73. The number of anilines is 1. The van der Waals surface area contributed by atoms with Crippen LogP contribution in [0.15, 0.2) is 78.9 Å². The molecular formula is C30H22N6O. The van der Waals surface area contributed by atoms with E-state index in [4.69, 9.17) is 10.2 Å². The van der Waals surface area contributed by atoms with Gasteiger partial charge in [0.1, 0.15) is 0 Å². The number of aromatic nitrogens is 3. The molecule has 0 saturated heterocycles. The van der Waals surface area contributed by atoms with Gasteiger partial charge in [0.25, 0.3) is 5.91 Å². The Kier molecular flexibility index (Phi) is 6.20. The van der Waals surface area contributed by atoms with E-state index in [9.17, 15) is 10.1 Å². The predicted molar refractivity (Wildman–Crippen MR) is 142 cm³/mol. The van der Waals surface area contributed by atoms with E-state index in [0.29, 0.717) is 45.8 Å². The fourth-order valence-corrected chi connectivity index (χ4v) is 4.33. The third-order valence-electron chi connectivity index (χ3n) is 6.28. The molecule has 1 N–H and O–H groups in total. The highest BCUT2D eigenvalue weighted by Gasteiger charge is 2.19. The van der Waals surface area contributed by atoms with E-state index in [1.54, 1.807) is 36.4 Å². The molecule has 0 bridgehead atoms. The largest absolute Gasteiger partial charge is 0.319 e. The first-order chi connectivity index (χ1) is 18.0. The van der Waals surface area contributed by atoms with Crippen molar-refractivity contribution in [2.24, 2.45) is 0 Å². The lowest BCUT2D eigenvalue weighted by atomic mass is 10.0. The molecule has 0 aliphatic carbocycles. The molecule has 0 unspecified atom stereocenters. The van der Waals surface area contributed by atoms with Gasteiger partial charge in [0.15, 0.2) is 0 Å². The number of para-hydroxylation sites is 1. The van der Waals surface area contributed by atoms with Crippen LogP contribution in [0.1, 0.15) is 38.4 Å². The van der Waals surface area contributed by atoms with Crippen molar-refractivity contribution in [3.63, 3.8) is 0 Å². The Labute approximate surface area is 214 Å². The minimum atomic E-state index is -0.264. The van der Waals surface area contributed by atoms with Gasteiger partial charge in [-0.25, -0.2) is 4.98 Å². The summed E-state index contributed by atoms with van der Waals surface area (Å²) in [4.78, 5) is 18.4. The quantitative estimate of drug-likeness (QED) is 0.343. The van der Waals surface area contributed by atoms with Crippen LogP contribution in [0.2, 0.25) is 0 Å². The van der Waals surface area contributed by atoms with Crippen molar-refractivity contribution >= 4 is 22.5 Å². The minimum absolute atomic E-state index is 0.264. The standard InChI is InChI=1S/C30H22N6O/c1-19-29(20(2)36(35-19)18-22-12-10-21(16-31)11-13-22)34-30(37)26-15-28(24-7-5-6-23(14-24)17-32)33-27-9-4-3-8-25(26)27/h3-15H,18H2,1-2H3,(H,34,37). The number of aryl methyl sites for hydroxylation is 1. The number of pyridine rings is 1. The summed E-state index contributed by atoms with van der Waals surface area (Å²) in [5, 5.41) is 26.8. The highest BCUT2D eigenvalue weighted by Crippen LogP contribution is 2.28. The van der Waals surface area contributed by atoms with Gasteiger partial charge >= 0.3 is 0 Å². The summed E-state index contributed by atoms with van der Waals surface area (Å²) in [5.41, 5.74) is 6.90. The van der Waals surface area contributed by atoms with Gasteiger partial charge in [0.2, 0.25) is 0 Å². The molecule has 0 aliphatic rings. The lowest BCUT2D eigenvalue weighted by Crippen LogP contribution is -2.14. The topological polar surface area (TPSA) is 107 Å². The number of rotatable bonds is 5. The van der Waals surface area contributed by atoms with E-state index >= 15 is 0 Å². The fourth-order valence-electron chi connectivity index (χ4n) is 4.33. The van der Waals surface area contributed by atoms with E-state index in [-0.39, 0.29) is 5.91 Å². The summed E-state index contributed by atoms with van der Waals surface area (Å²) >= 11 is 0. The van der Waals surface area contributed by atoms with Crippen molar-refractivity contribution in [3.05, 3.63) is 113 Å². The van der Waals surface area contributed by atoms with Crippen molar-refractivity contribution in [2.75, 3.05) is 5.32 Å². The van der Waals surface area contributed by atoms with Crippen molar-refractivity contribution in [2.45, 2.75) is 20.4 Å². The van der Waals surface area contributed by atoms with Gasteiger partial charge < -0.3 is 5.32 Å². The number of hydrogen-bond acceptors (Lipinski definition) is 5. The van der Waals surface area contributed by atoms with Crippen molar-refractivity contribution in [1.29, 1.82) is 10.5 Å². The maximum atomic E-state index is 13.6. The molecule has 0 saturated carbocycles. The second kappa shape index (κ2) is 9.77. The van der Waals surface area contributed by atoms with Crippen LogP contribution in [0.3, 0.4) is 0 Å². The summed E-state index contributed by atoms with van der Waals surface area (Å²) in [5.74, 6) is -0.264.